The first-order valence-corrected chi connectivity index (χ1v) is 10.5. The molecule has 1 aliphatic rings. The van der Waals surface area contributed by atoms with Crippen LogP contribution in [-0.2, 0) is 14.3 Å². The summed E-state index contributed by atoms with van der Waals surface area (Å²) >= 11 is 5.85. The Morgan fingerprint density at radius 1 is 1.14 bits per heavy atom. The lowest BCUT2D eigenvalue weighted by molar-refractivity contribution is -0.140. The molecule has 1 N–H and O–H groups in total. The molecule has 0 heterocycles. The minimum Gasteiger partial charge on any atom is -0.493 e. The van der Waals surface area contributed by atoms with E-state index >= 15 is 0 Å². The number of nitrogens with zero attached hydrogens (tertiary/aromatic N) is 1. The molecule has 8 heteroatoms. The quantitative estimate of drug-likeness (QED) is 0.582. The van der Waals surface area contributed by atoms with Crippen molar-refractivity contribution in [1.82, 2.24) is 10.2 Å². The molecule has 1 aromatic carbocycles. The van der Waals surface area contributed by atoms with Gasteiger partial charge < -0.3 is 24.4 Å². The van der Waals surface area contributed by atoms with Gasteiger partial charge in [-0.25, -0.2) is 0 Å². The Hall–Kier alpha value is -1.99. The van der Waals surface area contributed by atoms with E-state index in [1.54, 1.807) is 32.4 Å². The van der Waals surface area contributed by atoms with Crippen molar-refractivity contribution >= 4 is 23.4 Å². The maximum atomic E-state index is 13.3. The van der Waals surface area contributed by atoms with E-state index in [9.17, 15) is 9.59 Å². The molecule has 1 saturated carbocycles. The van der Waals surface area contributed by atoms with Crippen LogP contribution in [0, 0.1) is 0 Å². The van der Waals surface area contributed by atoms with Gasteiger partial charge in [0.05, 0.1) is 20.8 Å². The van der Waals surface area contributed by atoms with Gasteiger partial charge in [-0.15, -0.1) is 11.6 Å². The Kier molecular flexibility index (Phi) is 9.54. The zero-order valence-electron chi connectivity index (χ0n) is 17.4. The molecule has 0 saturated heterocycles. The molecule has 0 unspecified atom stereocenters. The van der Waals surface area contributed by atoms with Crippen LogP contribution in [-0.4, -0.2) is 63.1 Å². The highest BCUT2D eigenvalue weighted by Crippen LogP contribution is 2.32. The summed E-state index contributed by atoms with van der Waals surface area (Å²) in [6.07, 6.45) is 5.29. The minimum absolute atomic E-state index is 0.120. The minimum atomic E-state index is -0.835. The Labute approximate surface area is 177 Å². The maximum Gasteiger partial charge on any atom is 0.247 e. The summed E-state index contributed by atoms with van der Waals surface area (Å²) in [6.45, 7) is 0.544. The SMILES string of the molecule is COCCN(C(=O)CCl)[C@@H](C(=O)NC1CCCCC1)c1ccc(OC)c(OC)c1. The Bertz CT molecular complexity index is 679. The van der Waals surface area contributed by atoms with Gasteiger partial charge in [-0.1, -0.05) is 25.3 Å². The van der Waals surface area contributed by atoms with Crippen molar-refractivity contribution in [2.45, 2.75) is 44.2 Å². The number of methoxy groups -OCH3 is 3. The van der Waals surface area contributed by atoms with Crippen molar-refractivity contribution in [1.29, 1.82) is 0 Å². The third-order valence-electron chi connectivity index (χ3n) is 5.21. The van der Waals surface area contributed by atoms with Crippen LogP contribution in [0.3, 0.4) is 0 Å². The zero-order chi connectivity index (χ0) is 21.2. The summed E-state index contributed by atoms with van der Waals surface area (Å²) in [4.78, 5) is 27.4. The van der Waals surface area contributed by atoms with Crippen LogP contribution in [0.15, 0.2) is 18.2 Å². The van der Waals surface area contributed by atoms with Crippen LogP contribution in [0.2, 0.25) is 0 Å². The summed E-state index contributed by atoms with van der Waals surface area (Å²) in [7, 11) is 4.63. The van der Waals surface area contributed by atoms with Gasteiger partial charge in [-0.2, -0.15) is 0 Å². The van der Waals surface area contributed by atoms with Gasteiger partial charge >= 0.3 is 0 Å². The first kappa shape index (κ1) is 23.3. The van der Waals surface area contributed by atoms with Crippen molar-refractivity contribution in [3.63, 3.8) is 0 Å². The average Bonchev–Trinajstić information content (AvgIpc) is 2.76. The van der Waals surface area contributed by atoms with E-state index in [1.807, 2.05) is 0 Å². The summed E-state index contributed by atoms with van der Waals surface area (Å²) in [6, 6.07) is 4.51. The third-order valence-corrected chi connectivity index (χ3v) is 5.43. The number of amides is 2. The van der Waals surface area contributed by atoms with Gasteiger partial charge in [0.25, 0.3) is 0 Å². The van der Waals surface area contributed by atoms with Crippen molar-refractivity contribution in [3.05, 3.63) is 23.8 Å². The molecule has 1 aromatic rings. The summed E-state index contributed by atoms with van der Waals surface area (Å²) in [5.41, 5.74) is 0.630. The van der Waals surface area contributed by atoms with Crippen molar-refractivity contribution in [3.8, 4) is 11.5 Å². The third kappa shape index (κ3) is 6.24. The highest BCUT2D eigenvalue weighted by Gasteiger charge is 2.33. The number of carbonyl (C=O) groups excluding carboxylic acids is 2. The van der Waals surface area contributed by atoms with E-state index in [-0.39, 0.29) is 30.3 Å². The molecule has 162 valence electrons. The van der Waals surface area contributed by atoms with Crippen LogP contribution < -0.4 is 14.8 Å². The summed E-state index contributed by atoms with van der Waals surface area (Å²) in [5.74, 6) is 0.269. The average molecular weight is 427 g/mol. The standard InChI is InChI=1S/C21H31ClN2O5/c1-27-12-11-24(19(25)14-22)20(21(26)23-16-7-5-4-6-8-16)15-9-10-17(28-2)18(13-15)29-3/h9-10,13,16,20H,4-8,11-12,14H2,1-3H3,(H,23,26)/t20-/m1/s1. The first-order chi connectivity index (χ1) is 14.0. The molecule has 0 spiro atoms. The molecule has 7 nitrogen and oxygen atoms in total. The van der Waals surface area contributed by atoms with E-state index in [0.29, 0.717) is 23.7 Å². The van der Waals surface area contributed by atoms with Gasteiger partial charge in [0.2, 0.25) is 11.8 Å². The number of hydrogen-bond acceptors (Lipinski definition) is 5. The van der Waals surface area contributed by atoms with E-state index < -0.39 is 6.04 Å². The van der Waals surface area contributed by atoms with E-state index in [4.69, 9.17) is 25.8 Å². The normalized spacial score (nSPS) is 15.4. The lowest BCUT2D eigenvalue weighted by Crippen LogP contribution is -2.48. The fraction of sp³-hybridized carbons (Fsp3) is 0.619. The zero-order valence-corrected chi connectivity index (χ0v) is 18.2. The molecule has 1 fully saturated rings. The number of alkyl halides is 1. The van der Waals surface area contributed by atoms with E-state index in [1.165, 1.54) is 18.4 Å². The van der Waals surface area contributed by atoms with Gasteiger partial charge in [-0.3, -0.25) is 9.59 Å². The number of carbonyl (C=O) groups is 2. The van der Waals surface area contributed by atoms with E-state index in [2.05, 4.69) is 5.32 Å². The lowest BCUT2D eigenvalue weighted by Gasteiger charge is -2.33. The van der Waals surface area contributed by atoms with Crippen molar-refractivity contribution < 1.29 is 23.8 Å². The molecule has 1 atom stereocenters. The van der Waals surface area contributed by atoms with Crippen LogP contribution >= 0.6 is 11.6 Å². The van der Waals surface area contributed by atoms with Crippen LogP contribution in [0.4, 0.5) is 0 Å². The van der Waals surface area contributed by atoms with Gasteiger partial charge in [-0.05, 0) is 30.5 Å². The van der Waals surface area contributed by atoms with Crippen LogP contribution in [0.25, 0.3) is 0 Å². The fourth-order valence-electron chi connectivity index (χ4n) is 3.69. The maximum absolute atomic E-state index is 13.3. The van der Waals surface area contributed by atoms with Crippen LogP contribution in [0.5, 0.6) is 11.5 Å². The number of hydrogen-bond donors (Lipinski definition) is 1. The molecular formula is C21H31ClN2O5. The topological polar surface area (TPSA) is 77.1 Å². The largest absolute Gasteiger partial charge is 0.493 e. The molecule has 0 aromatic heterocycles. The highest BCUT2D eigenvalue weighted by atomic mass is 35.5. The number of rotatable bonds is 10. The molecule has 29 heavy (non-hydrogen) atoms. The molecular weight excluding hydrogens is 396 g/mol. The van der Waals surface area contributed by atoms with Crippen LogP contribution in [0.1, 0.15) is 43.7 Å². The Morgan fingerprint density at radius 2 is 1.83 bits per heavy atom. The van der Waals surface area contributed by atoms with Crippen molar-refractivity contribution in [2.24, 2.45) is 0 Å². The molecule has 2 amide bonds. The Balaban J connectivity index is 2.39. The second-order valence-corrected chi connectivity index (χ2v) is 7.34. The monoisotopic (exact) mass is 426 g/mol. The van der Waals surface area contributed by atoms with Crippen molar-refractivity contribution in [2.75, 3.05) is 40.4 Å². The molecule has 0 aliphatic heterocycles. The number of halogens is 1. The predicted molar refractivity (Wildman–Crippen MR) is 112 cm³/mol. The van der Waals surface area contributed by atoms with Gasteiger partial charge in [0.15, 0.2) is 11.5 Å². The molecule has 1 aliphatic carbocycles. The lowest BCUT2D eigenvalue weighted by atomic mass is 9.94. The predicted octanol–water partition coefficient (Wildman–Crippen LogP) is 2.91. The fourth-order valence-corrected chi connectivity index (χ4v) is 3.84. The Morgan fingerprint density at radius 3 is 2.41 bits per heavy atom. The molecule has 2 rings (SSSR count). The molecule has 0 bridgehead atoms. The van der Waals surface area contributed by atoms with Gasteiger partial charge in [0, 0.05) is 19.7 Å². The van der Waals surface area contributed by atoms with E-state index in [0.717, 1.165) is 25.7 Å². The number of nitrogens with one attached hydrogen (secondary N) is 1. The summed E-state index contributed by atoms with van der Waals surface area (Å²) in [5, 5.41) is 3.13. The number of benzene rings is 1. The second kappa shape index (κ2) is 11.9. The summed E-state index contributed by atoms with van der Waals surface area (Å²) < 4.78 is 15.8. The smallest absolute Gasteiger partial charge is 0.247 e. The highest BCUT2D eigenvalue weighted by molar-refractivity contribution is 6.27. The molecule has 0 radical (unpaired) electrons. The first-order valence-electron chi connectivity index (χ1n) is 9.92. The number of ether oxygens (including phenoxy) is 3. The van der Waals surface area contributed by atoms with Gasteiger partial charge in [0.1, 0.15) is 11.9 Å². The second-order valence-electron chi connectivity index (χ2n) is 7.07.